The summed E-state index contributed by atoms with van der Waals surface area (Å²) in [5.74, 6) is -1.22. The minimum atomic E-state index is -3.99. The molecule has 0 bridgehead atoms. The summed E-state index contributed by atoms with van der Waals surface area (Å²) in [4.78, 5) is 18.7. The lowest BCUT2D eigenvalue weighted by molar-refractivity contribution is 0.0943. The Balaban J connectivity index is 1.45. The normalized spacial score (nSPS) is 15.8. The van der Waals surface area contributed by atoms with Crippen molar-refractivity contribution in [1.82, 2.24) is 24.1 Å². The smallest absolute Gasteiger partial charge is 0.251 e. The molecule has 2 aromatic carbocycles. The van der Waals surface area contributed by atoms with Gasteiger partial charge in [-0.1, -0.05) is 0 Å². The van der Waals surface area contributed by atoms with Crippen molar-refractivity contribution >= 4 is 27.0 Å². The first kappa shape index (κ1) is 24.2. The number of carbonyl (C=O) groups excluding carboxylic acids is 1. The Morgan fingerprint density at radius 3 is 2.32 bits per heavy atom. The molecule has 8 nitrogen and oxygen atoms in total. The third kappa shape index (κ3) is 4.96. The zero-order valence-electron chi connectivity index (χ0n) is 19.3. The fourth-order valence-corrected chi connectivity index (χ4v) is 5.50. The third-order valence-electron chi connectivity index (χ3n) is 5.83. The van der Waals surface area contributed by atoms with Crippen molar-refractivity contribution in [3.05, 3.63) is 59.4 Å². The van der Waals surface area contributed by atoms with Crippen LogP contribution in [0, 0.1) is 11.6 Å². The number of carbonyl (C=O) groups is 1. The Bertz CT molecular complexity index is 1310. The lowest BCUT2D eigenvalue weighted by atomic mass is 10.2. The van der Waals surface area contributed by atoms with Gasteiger partial charge in [0.2, 0.25) is 10.0 Å². The molecule has 1 N–H and O–H groups in total. The van der Waals surface area contributed by atoms with Crippen LogP contribution in [0.15, 0.2) is 41.3 Å². The van der Waals surface area contributed by atoms with Crippen molar-refractivity contribution < 1.29 is 22.0 Å². The van der Waals surface area contributed by atoms with E-state index in [-0.39, 0.29) is 29.9 Å². The van der Waals surface area contributed by atoms with E-state index in [2.05, 4.69) is 15.2 Å². The first-order chi connectivity index (χ1) is 16.0. The molecule has 0 radical (unpaired) electrons. The Morgan fingerprint density at radius 2 is 1.71 bits per heavy atom. The molecule has 2 heterocycles. The molecular formula is C23H27F2N5O3S. The zero-order chi connectivity index (χ0) is 24.6. The number of hydrogen-bond acceptors (Lipinski definition) is 5. The van der Waals surface area contributed by atoms with Gasteiger partial charge in [0.15, 0.2) is 0 Å². The molecule has 11 heteroatoms. The molecule has 3 aromatic rings. The topological polar surface area (TPSA) is 87.5 Å². The standard InChI is InChI=1S/C23H27F2N5O3S/c1-15(2)26-23(31)16-4-5-21-20(10-16)27-22(28(21)3)14-29-6-8-30(9-7-29)34(32,33)19-12-17(24)11-18(25)13-19/h4-5,10-13,15H,6-9,14H2,1-3H3,(H,26,31). The minimum absolute atomic E-state index is 0.0323. The van der Waals surface area contributed by atoms with Gasteiger partial charge in [0, 0.05) is 50.9 Å². The van der Waals surface area contributed by atoms with Crippen LogP contribution < -0.4 is 5.32 Å². The van der Waals surface area contributed by atoms with Gasteiger partial charge in [-0.25, -0.2) is 22.2 Å². The summed E-state index contributed by atoms with van der Waals surface area (Å²) in [6, 6.07) is 7.74. The van der Waals surface area contributed by atoms with Crippen LogP contribution in [-0.2, 0) is 23.6 Å². The van der Waals surface area contributed by atoms with Gasteiger partial charge in [0.1, 0.15) is 17.5 Å². The Hall–Kier alpha value is -2.89. The molecule has 1 aliphatic heterocycles. The van der Waals surface area contributed by atoms with Gasteiger partial charge in [0.05, 0.1) is 22.5 Å². The molecule has 1 saturated heterocycles. The molecule has 1 amide bonds. The summed E-state index contributed by atoms with van der Waals surface area (Å²) < 4.78 is 55.8. The van der Waals surface area contributed by atoms with E-state index in [1.165, 1.54) is 4.31 Å². The van der Waals surface area contributed by atoms with E-state index in [1.54, 1.807) is 12.1 Å². The van der Waals surface area contributed by atoms with Crippen LogP contribution in [0.1, 0.15) is 30.0 Å². The Kier molecular flexibility index (Phi) is 6.70. The number of amides is 1. The first-order valence-electron chi connectivity index (χ1n) is 11.0. The first-order valence-corrected chi connectivity index (χ1v) is 12.4. The predicted octanol–water partition coefficient (Wildman–Crippen LogP) is 2.50. The van der Waals surface area contributed by atoms with E-state index in [1.807, 2.05) is 31.5 Å². The van der Waals surface area contributed by atoms with E-state index in [0.717, 1.165) is 23.5 Å². The molecule has 4 rings (SSSR count). The molecular weight excluding hydrogens is 464 g/mol. The van der Waals surface area contributed by atoms with Crippen LogP contribution in [0.25, 0.3) is 11.0 Å². The van der Waals surface area contributed by atoms with Crippen LogP contribution in [0.2, 0.25) is 0 Å². The highest BCUT2D eigenvalue weighted by Gasteiger charge is 2.30. The number of nitrogens with one attached hydrogen (secondary N) is 1. The van der Waals surface area contributed by atoms with Gasteiger partial charge >= 0.3 is 0 Å². The van der Waals surface area contributed by atoms with Crippen molar-refractivity contribution in [3.8, 4) is 0 Å². The van der Waals surface area contributed by atoms with Gasteiger partial charge in [-0.05, 0) is 44.2 Å². The molecule has 0 aliphatic carbocycles. The SMILES string of the molecule is CC(C)NC(=O)c1ccc2c(c1)nc(CN1CCN(S(=O)(=O)c3cc(F)cc(F)c3)CC1)n2C. The number of rotatable bonds is 6. The second-order valence-electron chi connectivity index (χ2n) is 8.70. The molecule has 0 spiro atoms. The summed E-state index contributed by atoms with van der Waals surface area (Å²) >= 11 is 0. The highest BCUT2D eigenvalue weighted by atomic mass is 32.2. The Labute approximate surface area is 197 Å². The van der Waals surface area contributed by atoms with Gasteiger partial charge < -0.3 is 9.88 Å². The number of hydrogen-bond donors (Lipinski definition) is 1. The summed E-state index contributed by atoms with van der Waals surface area (Å²) in [6.45, 7) is 5.59. The van der Waals surface area contributed by atoms with Crippen molar-refractivity contribution in [2.24, 2.45) is 7.05 Å². The highest BCUT2D eigenvalue weighted by molar-refractivity contribution is 7.89. The molecule has 0 unspecified atom stereocenters. The minimum Gasteiger partial charge on any atom is -0.350 e. The van der Waals surface area contributed by atoms with E-state index in [9.17, 15) is 22.0 Å². The van der Waals surface area contributed by atoms with E-state index >= 15 is 0 Å². The largest absolute Gasteiger partial charge is 0.350 e. The van der Waals surface area contributed by atoms with Crippen molar-refractivity contribution in [3.63, 3.8) is 0 Å². The number of aromatic nitrogens is 2. The van der Waals surface area contributed by atoms with Gasteiger partial charge in [-0.2, -0.15) is 4.31 Å². The van der Waals surface area contributed by atoms with Crippen molar-refractivity contribution in [2.75, 3.05) is 26.2 Å². The fourth-order valence-electron chi connectivity index (χ4n) is 4.03. The summed E-state index contributed by atoms with van der Waals surface area (Å²) in [7, 11) is -2.09. The van der Waals surface area contributed by atoms with Crippen LogP contribution in [0.4, 0.5) is 8.78 Å². The number of aryl methyl sites for hydroxylation is 1. The number of halogens is 2. The van der Waals surface area contributed by atoms with E-state index in [4.69, 9.17) is 0 Å². The molecule has 1 aliphatic rings. The zero-order valence-corrected chi connectivity index (χ0v) is 20.1. The fraction of sp³-hybridized carbons (Fsp3) is 0.391. The molecule has 182 valence electrons. The monoisotopic (exact) mass is 491 g/mol. The van der Waals surface area contributed by atoms with Gasteiger partial charge in [-0.3, -0.25) is 9.69 Å². The van der Waals surface area contributed by atoms with Crippen molar-refractivity contribution in [1.29, 1.82) is 0 Å². The average molecular weight is 492 g/mol. The molecule has 0 atom stereocenters. The molecule has 0 saturated carbocycles. The van der Waals surface area contributed by atoms with Crippen LogP contribution >= 0.6 is 0 Å². The molecule has 34 heavy (non-hydrogen) atoms. The van der Waals surface area contributed by atoms with E-state index in [0.29, 0.717) is 36.8 Å². The predicted molar refractivity (Wildman–Crippen MR) is 124 cm³/mol. The number of imidazole rings is 1. The average Bonchev–Trinajstić information content (AvgIpc) is 3.07. The van der Waals surface area contributed by atoms with Crippen molar-refractivity contribution in [2.45, 2.75) is 31.3 Å². The summed E-state index contributed by atoms with van der Waals surface area (Å²) in [5, 5.41) is 2.87. The summed E-state index contributed by atoms with van der Waals surface area (Å²) in [5.41, 5.74) is 2.15. The molecule has 1 aromatic heterocycles. The maximum Gasteiger partial charge on any atom is 0.251 e. The van der Waals surface area contributed by atoms with Crippen LogP contribution in [0.3, 0.4) is 0 Å². The highest BCUT2D eigenvalue weighted by Crippen LogP contribution is 2.22. The molecule has 1 fully saturated rings. The number of benzene rings is 2. The lowest BCUT2D eigenvalue weighted by Crippen LogP contribution is -2.48. The van der Waals surface area contributed by atoms with Gasteiger partial charge in [0.25, 0.3) is 5.91 Å². The van der Waals surface area contributed by atoms with Crippen LogP contribution in [0.5, 0.6) is 0 Å². The maximum atomic E-state index is 13.5. The quantitative estimate of drug-likeness (QED) is 0.573. The number of sulfonamides is 1. The number of piperazine rings is 1. The number of fused-ring (bicyclic) bond motifs is 1. The maximum absolute atomic E-state index is 13.5. The third-order valence-corrected chi connectivity index (χ3v) is 7.70. The van der Waals surface area contributed by atoms with E-state index < -0.39 is 21.7 Å². The Morgan fingerprint density at radius 1 is 1.06 bits per heavy atom. The van der Waals surface area contributed by atoms with Gasteiger partial charge in [-0.15, -0.1) is 0 Å². The number of nitrogens with zero attached hydrogens (tertiary/aromatic N) is 4. The second kappa shape index (κ2) is 9.40. The van der Waals surface area contributed by atoms with Crippen LogP contribution in [-0.4, -0.2) is 65.3 Å². The summed E-state index contributed by atoms with van der Waals surface area (Å²) in [6.07, 6.45) is 0. The second-order valence-corrected chi connectivity index (χ2v) is 10.6. The lowest BCUT2D eigenvalue weighted by Gasteiger charge is -2.33.